The zero-order chi connectivity index (χ0) is 23.5. The molecule has 0 atom stereocenters. The van der Waals surface area contributed by atoms with E-state index in [1.807, 2.05) is 0 Å². The molecule has 0 saturated heterocycles. The van der Waals surface area contributed by atoms with E-state index >= 15 is 0 Å². The van der Waals surface area contributed by atoms with Crippen LogP contribution in [-0.2, 0) is 0 Å². The first-order chi connectivity index (χ1) is 17.2. The predicted molar refractivity (Wildman–Crippen MR) is 148 cm³/mol. The van der Waals surface area contributed by atoms with Gasteiger partial charge in [0.15, 0.2) is 0 Å². The van der Waals surface area contributed by atoms with Gasteiger partial charge in [0.1, 0.15) is 5.82 Å². The maximum atomic E-state index is 5.41. The van der Waals surface area contributed by atoms with Gasteiger partial charge < -0.3 is 0 Å². The minimum Gasteiger partial charge on any atom is -0.292 e. The quantitative estimate of drug-likeness (QED) is 0.242. The van der Waals surface area contributed by atoms with E-state index in [-0.39, 0.29) is 0 Å². The van der Waals surface area contributed by atoms with E-state index < -0.39 is 0 Å². The van der Waals surface area contributed by atoms with Crippen LogP contribution in [0, 0.1) is 13.8 Å². The lowest BCUT2D eigenvalue weighted by molar-refractivity contribution is 1.10. The van der Waals surface area contributed by atoms with Crippen LogP contribution in [0.1, 0.15) is 11.1 Å². The number of benzene rings is 6. The molecule has 0 spiro atoms. The molecule has 2 heteroatoms. The summed E-state index contributed by atoms with van der Waals surface area (Å²) in [5, 5.41) is 7.34. The second-order valence-electron chi connectivity index (χ2n) is 9.43. The summed E-state index contributed by atoms with van der Waals surface area (Å²) >= 11 is 0. The molecule has 7 aromatic rings. The lowest BCUT2D eigenvalue weighted by atomic mass is 10.00. The van der Waals surface area contributed by atoms with Crippen molar-refractivity contribution in [3.63, 3.8) is 0 Å². The number of aryl methyl sites for hydroxylation is 2. The Kier molecular flexibility index (Phi) is 4.31. The van der Waals surface area contributed by atoms with Crippen LogP contribution in [0.4, 0.5) is 0 Å². The molecule has 0 fully saturated rings. The summed E-state index contributed by atoms with van der Waals surface area (Å²) in [7, 11) is 0. The monoisotopic (exact) mass is 448 g/mol. The zero-order valence-electron chi connectivity index (χ0n) is 19.8. The average molecular weight is 449 g/mol. The highest BCUT2D eigenvalue weighted by molar-refractivity contribution is 6.24. The van der Waals surface area contributed by atoms with Gasteiger partial charge in [-0.2, -0.15) is 0 Å². The smallest absolute Gasteiger partial charge is 0.146 e. The molecule has 0 aliphatic carbocycles. The SMILES string of the molecule is Cc1cc(C)cc(-n2c(-c3cccc4ccccc34)nc3c4ccccc4c4ccccc4c32)c1. The van der Waals surface area contributed by atoms with Crippen LogP contribution in [-0.4, -0.2) is 9.55 Å². The molecular weight excluding hydrogens is 424 g/mol. The van der Waals surface area contributed by atoms with Gasteiger partial charge in [-0.3, -0.25) is 4.57 Å². The minimum absolute atomic E-state index is 0.975. The molecule has 0 bridgehead atoms. The molecule has 0 amide bonds. The van der Waals surface area contributed by atoms with Crippen molar-refractivity contribution in [2.45, 2.75) is 13.8 Å². The molecule has 0 aliphatic rings. The van der Waals surface area contributed by atoms with E-state index in [4.69, 9.17) is 4.98 Å². The Morgan fingerprint density at radius 2 is 1.11 bits per heavy atom. The van der Waals surface area contributed by atoms with E-state index in [1.165, 1.54) is 43.4 Å². The van der Waals surface area contributed by atoms with Crippen LogP contribution in [0.3, 0.4) is 0 Å². The van der Waals surface area contributed by atoms with Crippen LogP contribution < -0.4 is 0 Å². The molecule has 0 unspecified atom stereocenters. The van der Waals surface area contributed by atoms with E-state index in [0.29, 0.717) is 0 Å². The fraction of sp³-hybridized carbons (Fsp3) is 0.0606. The van der Waals surface area contributed by atoms with Crippen molar-refractivity contribution in [2.24, 2.45) is 0 Å². The van der Waals surface area contributed by atoms with E-state index in [9.17, 15) is 0 Å². The van der Waals surface area contributed by atoms with Crippen molar-refractivity contribution in [1.29, 1.82) is 0 Å². The topological polar surface area (TPSA) is 17.8 Å². The standard InChI is InChI=1S/C33H24N2/c1-21-18-22(2)20-24(19-21)35-32-29-16-8-6-14-27(29)26-13-5-7-15-28(26)31(32)34-33(35)30-17-9-11-23-10-3-4-12-25(23)30/h3-20H,1-2H3. The summed E-state index contributed by atoms with van der Waals surface area (Å²) in [6.45, 7) is 4.33. The molecule has 0 saturated carbocycles. The predicted octanol–water partition coefficient (Wildman–Crippen LogP) is 8.77. The molecule has 166 valence electrons. The number of hydrogen-bond donors (Lipinski definition) is 0. The molecule has 1 aromatic heterocycles. The first kappa shape index (κ1) is 20.0. The van der Waals surface area contributed by atoms with Gasteiger partial charge in [-0.15, -0.1) is 0 Å². The van der Waals surface area contributed by atoms with Gasteiger partial charge in [0.2, 0.25) is 0 Å². The summed E-state index contributed by atoms with van der Waals surface area (Å²) in [6, 6.07) is 39.2. The van der Waals surface area contributed by atoms with Gasteiger partial charge >= 0.3 is 0 Å². The van der Waals surface area contributed by atoms with E-state index in [0.717, 1.165) is 28.1 Å². The maximum absolute atomic E-state index is 5.41. The van der Waals surface area contributed by atoms with Crippen LogP contribution in [0.2, 0.25) is 0 Å². The third-order valence-electron chi connectivity index (χ3n) is 7.03. The first-order valence-electron chi connectivity index (χ1n) is 12.1. The number of hydrogen-bond acceptors (Lipinski definition) is 1. The van der Waals surface area contributed by atoms with Crippen molar-refractivity contribution in [1.82, 2.24) is 9.55 Å². The zero-order valence-corrected chi connectivity index (χ0v) is 19.8. The van der Waals surface area contributed by atoms with Crippen LogP contribution in [0.25, 0.3) is 60.4 Å². The summed E-state index contributed by atoms with van der Waals surface area (Å²) in [5.74, 6) is 0.975. The second kappa shape index (κ2) is 7.54. The molecular formula is C33H24N2. The molecule has 0 radical (unpaired) electrons. The van der Waals surface area contributed by atoms with Gasteiger partial charge in [-0.25, -0.2) is 4.98 Å². The fourth-order valence-electron chi connectivity index (χ4n) is 5.64. The van der Waals surface area contributed by atoms with Crippen molar-refractivity contribution in [3.8, 4) is 17.1 Å². The van der Waals surface area contributed by atoms with Gasteiger partial charge in [-0.1, -0.05) is 97.1 Å². The lowest BCUT2D eigenvalue weighted by Gasteiger charge is -2.15. The Hall–Kier alpha value is -4.43. The highest BCUT2D eigenvalue weighted by Crippen LogP contribution is 2.40. The highest BCUT2D eigenvalue weighted by atomic mass is 15.1. The number of fused-ring (bicyclic) bond motifs is 7. The molecule has 7 rings (SSSR count). The summed E-state index contributed by atoms with van der Waals surface area (Å²) in [4.78, 5) is 5.41. The Balaban J connectivity index is 1.75. The van der Waals surface area contributed by atoms with E-state index in [1.54, 1.807) is 0 Å². The van der Waals surface area contributed by atoms with Crippen molar-refractivity contribution < 1.29 is 0 Å². The largest absolute Gasteiger partial charge is 0.292 e. The van der Waals surface area contributed by atoms with Gasteiger partial charge in [-0.05, 0) is 58.7 Å². The lowest BCUT2D eigenvalue weighted by Crippen LogP contribution is -2.00. The second-order valence-corrected chi connectivity index (χ2v) is 9.43. The Morgan fingerprint density at radius 1 is 0.543 bits per heavy atom. The number of nitrogens with zero attached hydrogens (tertiary/aromatic N) is 2. The van der Waals surface area contributed by atoms with Crippen LogP contribution >= 0.6 is 0 Å². The Labute approximate surface area is 204 Å². The average Bonchev–Trinajstić information content (AvgIpc) is 3.29. The van der Waals surface area contributed by atoms with Gasteiger partial charge in [0, 0.05) is 22.0 Å². The normalized spacial score (nSPS) is 11.7. The first-order valence-corrected chi connectivity index (χ1v) is 12.1. The highest BCUT2D eigenvalue weighted by Gasteiger charge is 2.21. The number of rotatable bonds is 2. The fourth-order valence-corrected chi connectivity index (χ4v) is 5.64. The van der Waals surface area contributed by atoms with Crippen molar-refractivity contribution in [3.05, 3.63) is 120 Å². The molecule has 6 aromatic carbocycles. The summed E-state index contributed by atoms with van der Waals surface area (Å²) in [5.41, 5.74) is 6.99. The van der Waals surface area contributed by atoms with Crippen LogP contribution in [0.5, 0.6) is 0 Å². The third kappa shape index (κ3) is 3.00. The van der Waals surface area contributed by atoms with Crippen molar-refractivity contribution >= 4 is 43.4 Å². The number of imidazole rings is 1. The van der Waals surface area contributed by atoms with Crippen molar-refractivity contribution in [2.75, 3.05) is 0 Å². The number of aromatic nitrogens is 2. The molecule has 1 heterocycles. The third-order valence-corrected chi connectivity index (χ3v) is 7.03. The molecule has 0 N–H and O–H groups in total. The minimum atomic E-state index is 0.975. The molecule has 2 nitrogen and oxygen atoms in total. The maximum Gasteiger partial charge on any atom is 0.146 e. The Bertz CT molecular complexity index is 1900. The van der Waals surface area contributed by atoms with Gasteiger partial charge in [0.25, 0.3) is 0 Å². The molecule has 0 aliphatic heterocycles. The van der Waals surface area contributed by atoms with Crippen LogP contribution in [0.15, 0.2) is 109 Å². The van der Waals surface area contributed by atoms with E-state index in [2.05, 4.69) is 128 Å². The van der Waals surface area contributed by atoms with Gasteiger partial charge in [0.05, 0.1) is 11.0 Å². The summed E-state index contributed by atoms with van der Waals surface area (Å²) < 4.78 is 2.38. The summed E-state index contributed by atoms with van der Waals surface area (Å²) in [6.07, 6.45) is 0. The molecule has 35 heavy (non-hydrogen) atoms. The Morgan fingerprint density at radius 3 is 1.86 bits per heavy atom.